The summed E-state index contributed by atoms with van der Waals surface area (Å²) in [7, 11) is 0. The number of nitrogens with two attached hydrogens (primary N) is 1. The molecule has 2 aliphatic carbocycles. The van der Waals surface area contributed by atoms with E-state index in [1.165, 1.54) is 25.7 Å². The molecule has 0 amide bonds. The SMILES string of the molecule is NC1(C(=O)O)CCC(SC2CCCC2)C1. The van der Waals surface area contributed by atoms with E-state index in [9.17, 15) is 4.79 Å². The molecule has 2 unspecified atom stereocenters. The Morgan fingerprint density at radius 2 is 1.93 bits per heavy atom. The Morgan fingerprint density at radius 3 is 2.47 bits per heavy atom. The highest BCUT2D eigenvalue weighted by molar-refractivity contribution is 8.00. The first-order valence-corrected chi connectivity index (χ1v) is 6.72. The van der Waals surface area contributed by atoms with Gasteiger partial charge < -0.3 is 10.8 Å². The molecule has 0 aliphatic heterocycles. The molecular formula is C11H19NO2S. The Balaban J connectivity index is 1.84. The van der Waals surface area contributed by atoms with Gasteiger partial charge >= 0.3 is 5.97 Å². The van der Waals surface area contributed by atoms with E-state index in [4.69, 9.17) is 10.8 Å². The van der Waals surface area contributed by atoms with E-state index in [0.29, 0.717) is 18.1 Å². The van der Waals surface area contributed by atoms with Gasteiger partial charge in [-0.05, 0) is 32.1 Å². The largest absolute Gasteiger partial charge is 0.480 e. The fraction of sp³-hybridized carbons (Fsp3) is 0.909. The van der Waals surface area contributed by atoms with Crippen molar-refractivity contribution in [1.82, 2.24) is 0 Å². The van der Waals surface area contributed by atoms with E-state index < -0.39 is 11.5 Å². The smallest absolute Gasteiger partial charge is 0.323 e. The number of carboxylic acids is 1. The summed E-state index contributed by atoms with van der Waals surface area (Å²) < 4.78 is 0. The van der Waals surface area contributed by atoms with Crippen molar-refractivity contribution in [3.05, 3.63) is 0 Å². The van der Waals surface area contributed by atoms with Crippen LogP contribution in [0.2, 0.25) is 0 Å². The van der Waals surface area contributed by atoms with E-state index in [0.717, 1.165) is 11.7 Å². The number of thioether (sulfide) groups is 1. The Kier molecular flexibility index (Phi) is 3.26. The minimum atomic E-state index is -0.934. The third-order valence-electron chi connectivity index (χ3n) is 3.62. The lowest BCUT2D eigenvalue weighted by molar-refractivity contribution is -0.143. The van der Waals surface area contributed by atoms with Gasteiger partial charge in [-0.3, -0.25) is 4.79 Å². The van der Waals surface area contributed by atoms with E-state index in [2.05, 4.69) is 0 Å². The molecule has 0 aromatic carbocycles. The van der Waals surface area contributed by atoms with Gasteiger partial charge in [0.15, 0.2) is 0 Å². The van der Waals surface area contributed by atoms with E-state index in [1.54, 1.807) is 0 Å². The zero-order chi connectivity index (χ0) is 10.9. The van der Waals surface area contributed by atoms with Gasteiger partial charge in [0.2, 0.25) is 0 Å². The maximum absolute atomic E-state index is 11.0. The minimum Gasteiger partial charge on any atom is -0.480 e. The van der Waals surface area contributed by atoms with Crippen LogP contribution in [0.15, 0.2) is 0 Å². The molecule has 0 bridgehead atoms. The quantitative estimate of drug-likeness (QED) is 0.777. The summed E-state index contributed by atoms with van der Waals surface area (Å²) in [5.74, 6) is -0.822. The van der Waals surface area contributed by atoms with Crippen LogP contribution in [0.3, 0.4) is 0 Å². The van der Waals surface area contributed by atoms with Crippen LogP contribution >= 0.6 is 11.8 Å². The predicted molar refractivity (Wildman–Crippen MR) is 62.0 cm³/mol. The molecular weight excluding hydrogens is 210 g/mol. The van der Waals surface area contributed by atoms with Crippen LogP contribution in [0.1, 0.15) is 44.9 Å². The lowest BCUT2D eigenvalue weighted by Crippen LogP contribution is -2.45. The number of hydrogen-bond acceptors (Lipinski definition) is 3. The van der Waals surface area contributed by atoms with Gasteiger partial charge in [-0.15, -0.1) is 0 Å². The number of aliphatic carboxylic acids is 1. The highest BCUT2D eigenvalue weighted by atomic mass is 32.2. The molecule has 2 aliphatic rings. The lowest BCUT2D eigenvalue weighted by atomic mass is 10.0. The monoisotopic (exact) mass is 229 g/mol. The molecule has 15 heavy (non-hydrogen) atoms. The Hall–Kier alpha value is -0.220. The molecule has 3 nitrogen and oxygen atoms in total. The summed E-state index contributed by atoms with van der Waals surface area (Å²) in [6.07, 6.45) is 7.59. The Morgan fingerprint density at radius 1 is 1.27 bits per heavy atom. The van der Waals surface area contributed by atoms with Crippen molar-refractivity contribution in [3.8, 4) is 0 Å². The standard InChI is InChI=1S/C11H19NO2S/c12-11(10(13)14)6-5-9(7-11)15-8-3-1-2-4-8/h8-9H,1-7,12H2,(H,13,14). The third-order valence-corrected chi connectivity index (χ3v) is 5.26. The van der Waals surface area contributed by atoms with Gasteiger partial charge in [-0.2, -0.15) is 11.8 Å². The van der Waals surface area contributed by atoms with Gasteiger partial charge in [0.1, 0.15) is 5.54 Å². The highest BCUT2D eigenvalue weighted by Crippen LogP contribution is 2.41. The van der Waals surface area contributed by atoms with E-state index in [-0.39, 0.29) is 0 Å². The second kappa shape index (κ2) is 4.34. The van der Waals surface area contributed by atoms with Crippen molar-refractivity contribution in [1.29, 1.82) is 0 Å². The third kappa shape index (κ3) is 2.48. The fourth-order valence-electron chi connectivity index (χ4n) is 2.64. The lowest BCUT2D eigenvalue weighted by Gasteiger charge is -2.19. The molecule has 2 atom stereocenters. The van der Waals surface area contributed by atoms with Gasteiger partial charge in [-0.25, -0.2) is 0 Å². The van der Waals surface area contributed by atoms with Gasteiger partial charge in [0.25, 0.3) is 0 Å². The molecule has 2 saturated carbocycles. The molecule has 86 valence electrons. The summed E-state index contributed by atoms with van der Waals surface area (Å²) in [5, 5.41) is 10.3. The molecule has 0 aromatic heterocycles. The van der Waals surface area contributed by atoms with E-state index in [1.807, 2.05) is 11.8 Å². The number of hydrogen-bond donors (Lipinski definition) is 2. The molecule has 3 N–H and O–H groups in total. The van der Waals surface area contributed by atoms with Gasteiger partial charge in [0, 0.05) is 10.5 Å². The summed E-state index contributed by atoms with van der Waals surface area (Å²) in [6.45, 7) is 0. The second-order valence-corrected chi connectivity index (χ2v) is 6.47. The van der Waals surface area contributed by atoms with E-state index >= 15 is 0 Å². The second-order valence-electron chi connectivity index (χ2n) is 4.87. The van der Waals surface area contributed by atoms with Crippen LogP contribution in [0, 0.1) is 0 Å². The van der Waals surface area contributed by atoms with Crippen LogP contribution in [0.25, 0.3) is 0 Å². The van der Waals surface area contributed by atoms with Crippen LogP contribution in [0.4, 0.5) is 0 Å². The average Bonchev–Trinajstić information content (AvgIpc) is 2.77. The molecule has 0 spiro atoms. The summed E-state index contributed by atoms with van der Waals surface area (Å²) in [4.78, 5) is 11.0. The fourth-order valence-corrected chi connectivity index (χ4v) is 4.43. The number of carbonyl (C=O) groups is 1. The van der Waals surface area contributed by atoms with Crippen LogP contribution in [-0.2, 0) is 4.79 Å². The molecule has 2 fully saturated rings. The van der Waals surface area contributed by atoms with Crippen LogP contribution in [-0.4, -0.2) is 27.1 Å². The maximum atomic E-state index is 11.0. The van der Waals surface area contributed by atoms with Crippen molar-refractivity contribution < 1.29 is 9.90 Å². The van der Waals surface area contributed by atoms with Crippen molar-refractivity contribution in [2.75, 3.05) is 0 Å². The summed E-state index contributed by atoms with van der Waals surface area (Å²) in [5.41, 5.74) is 4.92. The van der Waals surface area contributed by atoms with Gasteiger partial charge in [-0.1, -0.05) is 12.8 Å². The predicted octanol–water partition coefficient (Wildman–Crippen LogP) is 2.00. The Bertz CT molecular complexity index is 253. The summed E-state index contributed by atoms with van der Waals surface area (Å²) in [6, 6.07) is 0. The zero-order valence-electron chi connectivity index (χ0n) is 8.95. The zero-order valence-corrected chi connectivity index (χ0v) is 9.76. The first-order valence-electron chi connectivity index (χ1n) is 5.78. The highest BCUT2D eigenvalue weighted by Gasteiger charge is 2.42. The van der Waals surface area contributed by atoms with Crippen LogP contribution < -0.4 is 5.73 Å². The van der Waals surface area contributed by atoms with Gasteiger partial charge in [0.05, 0.1) is 0 Å². The molecule has 0 heterocycles. The first kappa shape index (κ1) is 11.3. The summed E-state index contributed by atoms with van der Waals surface area (Å²) >= 11 is 1.99. The number of rotatable bonds is 3. The molecule has 0 saturated heterocycles. The van der Waals surface area contributed by atoms with Crippen molar-refractivity contribution in [2.45, 2.75) is 61.0 Å². The van der Waals surface area contributed by atoms with Crippen molar-refractivity contribution in [3.63, 3.8) is 0 Å². The molecule has 0 radical (unpaired) electrons. The topological polar surface area (TPSA) is 63.3 Å². The van der Waals surface area contributed by atoms with Crippen molar-refractivity contribution in [2.24, 2.45) is 5.73 Å². The molecule has 0 aromatic rings. The molecule has 2 rings (SSSR count). The minimum absolute atomic E-state index is 0.481. The Labute approximate surface area is 94.8 Å². The number of carboxylic acid groups (broad SMARTS) is 1. The normalized spacial score (nSPS) is 37.3. The first-order chi connectivity index (χ1) is 7.10. The molecule has 4 heteroatoms. The van der Waals surface area contributed by atoms with Crippen molar-refractivity contribution >= 4 is 17.7 Å². The van der Waals surface area contributed by atoms with Crippen LogP contribution in [0.5, 0.6) is 0 Å². The maximum Gasteiger partial charge on any atom is 0.323 e. The average molecular weight is 229 g/mol.